The van der Waals surface area contributed by atoms with E-state index in [9.17, 15) is 9.59 Å². The second-order valence-electron chi connectivity index (χ2n) is 5.20. The van der Waals surface area contributed by atoms with Crippen molar-refractivity contribution in [1.82, 2.24) is 10.2 Å². The Morgan fingerprint density at radius 3 is 2.81 bits per heavy atom. The summed E-state index contributed by atoms with van der Waals surface area (Å²) in [5.41, 5.74) is 0.371. The normalized spacial score (nSPS) is 22.0. The van der Waals surface area contributed by atoms with Gasteiger partial charge in [-0.2, -0.15) is 0 Å². The summed E-state index contributed by atoms with van der Waals surface area (Å²) in [7, 11) is 0. The minimum atomic E-state index is -0.345. The monoisotopic (exact) mass is 310 g/mol. The molecule has 2 amide bonds. The summed E-state index contributed by atoms with van der Waals surface area (Å²) in [6.07, 6.45) is 0.0180. The van der Waals surface area contributed by atoms with E-state index < -0.39 is 0 Å². The van der Waals surface area contributed by atoms with E-state index in [1.807, 2.05) is 13.8 Å². The molecule has 1 N–H and O–H groups in total. The van der Waals surface area contributed by atoms with Crippen LogP contribution in [0.15, 0.2) is 24.3 Å². The topological polar surface area (TPSA) is 58.6 Å². The van der Waals surface area contributed by atoms with Crippen LogP contribution in [0.2, 0.25) is 5.02 Å². The van der Waals surface area contributed by atoms with E-state index in [0.717, 1.165) is 0 Å². The molecule has 21 heavy (non-hydrogen) atoms. The van der Waals surface area contributed by atoms with Gasteiger partial charge in [0.05, 0.1) is 35.9 Å². The van der Waals surface area contributed by atoms with Crippen LogP contribution in [0, 0.1) is 0 Å². The summed E-state index contributed by atoms with van der Waals surface area (Å²) >= 11 is 5.95. The molecule has 5 nitrogen and oxygen atoms in total. The third-order valence-electron chi connectivity index (χ3n) is 3.45. The predicted molar refractivity (Wildman–Crippen MR) is 80.4 cm³/mol. The largest absolute Gasteiger partial charge is 0.375 e. The van der Waals surface area contributed by atoms with Crippen molar-refractivity contribution in [3.8, 4) is 0 Å². The van der Waals surface area contributed by atoms with Crippen LogP contribution in [-0.2, 0) is 9.53 Å². The first kappa shape index (κ1) is 15.8. The van der Waals surface area contributed by atoms with Crippen LogP contribution in [0.5, 0.6) is 0 Å². The number of nitrogens with one attached hydrogen (secondary N) is 1. The predicted octanol–water partition coefficient (Wildman–Crippen LogP) is 1.71. The van der Waals surface area contributed by atoms with E-state index in [1.54, 1.807) is 29.2 Å². The van der Waals surface area contributed by atoms with Crippen LogP contribution in [-0.4, -0.2) is 48.6 Å². The lowest BCUT2D eigenvalue weighted by Crippen LogP contribution is -2.52. The van der Waals surface area contributed by atoms with Gasteiger partial charge >= 0.3 is 0 Å². The molecule has 1 fully saturated rings. The van der Waals surface area contributed by atoms with Crippen molar-refractivity contribution in [1.29, 1.82) is 0 Å². The van der Waals surface area contributed by atoms with Gasteiger partial charge in [-0.3, -0.25) is 9.59 Å². The lowest BCUT2D eigenvalue weighted by atomic mass is 10.2. The average Bonchev–Trinajstić information content (AvgIpc) is 2.47. The lowest BCUT2D eigenvalue weighted by molar-refractivity contribution is -0.142. The van der Waals surface area contributed by atoms with Crippen molar-refractivity contribution < 1.29 is 14.3 Å². The Hall–Kier alpha value is -1.59. The highest BCUT2D eigenvalue weighted by Gasteiger charge is 2.27. The van der Waals surface area contributed by atoms with Crippen LogP contribution >= 0.6 is 11.6 Å². The molecule has 1 aromatic carbocycles. The van der Waals surface area contributed by atoms with Crippen LogP contribution in [0.4, 0.5) is 0 Å². The van der Waals surface area contributed by atoms with E-state index in [4.69, 9.17) is 16.3 Å². The van der Waals surface area contributed by atoms with E-state index in [1.165, 1.54) is 0 Å². The number of nitrogens with zero attached hydrogens (tertiary/aromatic N) is 1. The molecule has 1 saturated heterocycles. The molecule has 1 aromatic rings. The minimum Gasteiger partial charge on any atom is -0.375 e. The third kappa shape index (κ3) is 3.95. The summed E-state index contributed by atoms with van der Waals surface area (Å²) < 4.78 is 5.48. The van der Waals surface area contributed by atoms with Crippen LogP contribution in [0.25, 0.3) is 0 Å². The quantitative estimate of drug-likeness (QED) is 0.924. The molecule has 0 radical (unpaired) electrons. The highest BCUT2D eigenvalue weighted by molar-refractivity contribution is 6.33. The average molecular weight is 311 g/mol. The molecule has 6 heteroatoms. The third-order valence-corrected chi connectivity index (χ3v) is 3.78. The minimum absolute atomic E-state index is 0.0180. The molecule has 2 rings (SSSR count). The second kappa shape index (κ2) is 6.91. The Balaban J connectivity index is 1.92. The summed E-state index contributed by atoms with van der Waals surface area (Å²) in [6.45, 7) is 4.88. The number of halogens is 1. The zero-order valence-electron chi connectivity index (χ0n) is 12.1. The molecule has 0 aliphatic carbocycles. The first-order valence-corrected chi connectivity index (χ1v) is 7.30. The van der Waals surface area contributed by atoms with Crippen molar-refractivity contribution in [2.45, 2.75) is 26.0 Å². The number of benzene rings is 1. The van der Waals surface area contributed by atoms with Crippen molar-refractivity contribution >= 4 is 23.4 Å². The molecule has 1 heterocycles. The first-order valence-electron chi connectivity index (χ1n) is 6.93. The van der Waals surface area contributed by atoms with Crippen molar-refractivity contribution in [3.05, 3.63) is 34.9 Å². The molecular weight excluding hydrogens is 292 g/mol. The zero-order chi connectivity index (χ0) is 15.4. The smallest absolute Gasteiger partial charge is 0.253 e. The number of hydrogen-bond acceptors (Lipinski definition) is 3. The number of ether oxygens (including phenoxy) is 1. The standard InChI is InChI=1S/C15H19ClN2O3/c1-10-9-21-11(2)8-18(10)14(19)7-17-15(20)12-5-3-4-6-13(12)16/h3-6,10-11H,7-9H2,1-2H3,(H,17,20). The molecule has 1 aliphatic rings. The van der Waals surface area contributed by atoms with Crippen LogP contribution in [0.3, 0.4) is 0 Å². The Kier molecular flexibility index (Phi) is 5.20. The first-order chi connectivity index (χ1) is 9.99. The summed E-state index contributed by atoms with van der Waals surface area (Å²) in [5, 5.41) is 2.99. The van der Waals surface area contributed by atoms with Gasteiger partial charge in [-0.25, -0.2) is 0 Å². The molecule has 2 atom stereocenters. The Bertz CT molecular complexity index is 535. The summed E-state index contributed by atoms with van der Waals surface area (Å²) in [5.74, 6) is -0.457. The number of rotatable bonds is 3. The number of amides is 2. The van der Waals surface area contributed by atoms with Crippen molar-refractivity contribution in [3.63, 3.8) is 0 Å². The van der Waals surface area contributed by atoms with Crippen molar-refractivity contribution in [2.75, 3.05) is 19.7 Å². The highest BCUT2D eigenvalue weighted by atomic mass is 35.5. The maximum absolute atomic E-state index is 12.2. The maximum atomic E-state index is 12.2. The van der Waals surface area contributed by atoms with Gasteiger partial charge in [0.15, 0.2) is 0 Å². The number of hydrogen-bond donors (Lipinski definition) is 1. The molecule has 0 bridgehead atoms. The van der Waals surface area contributed by atoms with E-state index in [-0.39, 0.29) is 30.5 Å². The fourth-order valence-corrected chi connectivity index (χ4v) is 2.47. The molecule has 0 aromatic heterocycles. The molecule has 0 saturated carbocycles. The fourth-order valence-electron chi connectivity index (χ4n) is 2.25. The number of carbonyl (C=O) groups is 2. The van der Waals surface area contributed by atoms with Gasteiger partial charge in [-0.05, 0) is 26.0 Å². The highest BCUT2D eigenvalue weighted by Crippen LogP contribution is 2.15. The molecule has 114 valence electrons. The molecular formula is C15H19ClN2O3. The second-order valence-corrected chi connectivity index (χ2v) is 5.61. The van der Waals surface area contributed by atoms with E-state index in [2.05, 4.69) is 5.32 Å². The fraction of sp³-hybridized carbons (Fsp3) is 0.467. The number of carbonyl (C=O) groups excluding carboxylic acids is 2. The Labute approximate surface area is 129 Å². The van der Waals surface area contributed by atoms with Gasteiger partial charge in [-0.15, -0.1) is 0 Å². The van der Waals surface area contributed by atoms with E-state index in [0.29, 0.717) is 23.7 Å². The zero-order valence-corrected chi connectivity index (χ0v) is 12.9. The SMILES string of the molecule is CC1CN(C(=O)CNC(=O)c2ccccc2Cl)C(C)CO1. The molecule has 0 spiro atoms. The van der Waals surface area contributed by atoms with Gasteiger partial charge in [0.25, 0.3) is 5.91 Å². The van der Waals surface area contributed by atoms with Gasteiger partial charge in [0, 0.05) is 6.54 Å². The molecule has 2 unspecified atom stereocenters. The van der Waals surface area contributed by atoms with E-state index >= 15 is 0 Å². The van der Waals surface area contributed by atoms with Crippen LogP contribution in [0.1, 0.15) is 24.2 Å². The number of morpholine rings is 1. The maximum Gasteiger partial charge on any atom is 0.253 e. The van der Waals surface area contributed by atoms with Gasteiger partial charge in [0.1, 0.15) is 0 Å². The summed E-state index contributed by atoms with van der Waals surface area (Å²) in [4.78, 5) is 25.9. The van der Waals surface area contributed by atoms with Gasteiger partial charge < -0.3 is 15.0 Å². The lowest BCUT2D eigenvalue weighted by Gasteiger charge is -2.36. The van der Waals surface area contributed by atoms with Crippen LogP contribution < -0.4 is 5.32 Å². The Morgan fingerprint density at radius 1 is 1.38 bits per heavy atom. The molecule has 1 aliphatic heterocycles. The van der Waals surface area contributed by atoms with Gasteiger partial charge in [0.2, 0.25) is 5.91 Å². The Morgan fingerprint density at radius 2 is 2.10 bits per heavy atom. The summed E-state index contributed by atoms with van der Waals surface area (Å²) in [6, 6.07) is 6.77. The van der Waals surface area contributed by atoms with Crippen molar-refractivity contribution in [2.24, 2.45) is 0 Å². The van der Waals surface area contributed by atoms with Gasteiger partial charge in [-0.1, -0.05) is 23.7 Å².